The average molecular weight is 639 g/mol. The van der Waals surface area contributed by atoms with E-state index < -0.39 is 0 Å². The van der Waals surface area contributed by atoms with Crippen molar-refractivity contribution in [3.63, 3.8) is 0 Å². The van der Waals surface area contributed by atoms with Gasteiger partial charge < -0.3 is 9.47 Å². The van der Waals surface area contributed by atoms with Crippen LogP contribution < -0.4 is 24.4 Å². The predicted octanol–water partition coefficient (Wildman–Crippen LogP) is 7.59. The zero-order chi connectivity index (χ0) is 31.9. The lowest BCUT2D eigenvalue weighted by Gasteiger charge is -2.30. The smallest absolute Gasteiger partial charge is 0.271 e. The number of thiazole rings is 1. The van der Waals surface area contributed by atoms with Crippen molar-refractivity contribution >= 4 is 33.9 Å². The Morgan fingerprint density at radius 2 is 1.70 bits per heavy atom. The molecule has 0 amide bonds. The third kappa shape index (κ3) is 5.36. The van der Waals surface area contributed by atoms with E-state index in [1.54, 1.807) is 16.7 Å². The number of rotatable bonds is 7. The van der Waals surface area contributed by atoms with E-state index in [4.69, 9.17) is 14.5 Å². The van der Waals surface area contributed by atoms with Gasteiger partial charge in [-0.05, 0) is 88.7 Å². The molecule has 1 aliphatic carbocycles. The van der Waals surface area contributed by atoms with Crippen LogP contribution >= 0.6 is 11.3 Å². The van der Waals surface area contributed by atoms with Gasteiger partial charge >= 0.3 is 0 Å². The van der Waals surface area contributed by atoms with Crippen molar-refractivity contribution in [2.45, 2.75) is 32.4 Å². The van der Waals surface area contributed by atoms with E-state index in [-0.39, 0.29) is 17.4 Å². The zero-order valence-electron chi connectivity index (χ0n) is 25.8. The average Bonchev–Trinajstić information content (AvgIpc) is 3.41. The summed E-state index contributed by atoms with van der Waals surface area (Å²) in [5, 5.41) is 2.33. The fraction of sp³-hybridized carbons (Fsp3) is 0.150. The summed E-state index contributed by atoms with van der Waals surface area (Å²) in [5.41, 5.74) is 7.01. The molecular weight excluding hydrogens is 608 g/mol. The van der Waals surface area contributed by atoms with E-state index in [1.165, 1.54) is 34.4 Å². The van der Waals surface area contributed by atoms with Gasteiger partial charge in [0, 0.05) is 5.56 Å². The maximum absolute atomic E-state index is 14.2. The van der Waals surface area contributed by atoms with Gasteiger partial charge in [-0.25, -0.2) is 9.38 Å². The third-order valence-electron chi connectivity index (χ3n) is 8.89. The van der Waals surface area contributed by atoms with Crippen molar-refractivity contribution in [3.8, 4) is 11.5 Å². The Kier molecular flexibility index (Phi) is 7.54. The molecule has 232 valence electrons. The summed E-state index contributed by atoms with van der Waals surface area (Å²) in [7, 11) is 0. The molecule has 2 aliphatic rings. The van der Waals surface area contributed by atoms with Gasteiger partial charge in [0.15, 0.2) is 16.3 Å². The number of halogens is 1. The van der Waals surface area contributed by atoms with Crippen molar-refractivity contribution < 1.29 is 13.9 Å². The molecule has 0 saturated heterocycles. The number of allylic oxidation sites excluding steroid dienone is 1. The fourth-order valence-electron chi connectivity index (χ4n) is 6.69. The van der Waals surface area contributed by atoms with E-state index >= 15 is 0 Å². The van der Waals surface area contributed by atoms with Gasteiger partial charge in [0.25, 0.3) is 5.56 Å². The molecule has 0 bridgehead atoms. The quantitative estimate of drug-likeness (QED) is 0.181. The van der Waals surface area contributed by atoms with E-state index in [0.29, 0.717) is 34.0 Å². The lowest BCUT2D eigenvalue weighted by molar-refractivity contribution is 0.270. The van der Waals surface area contributed by atoms with Crippen LogP contribution in [-0.4, -0.2) is 11.2 Å². The first kappa shape index (κ1) is 29.2. The first-order valence-electron chi connectivity index (χ1n) is 15.8. The molecule has 6 aromatic rings. The van der Waals surface area contributed by atoms with E-state index in [1.807, 2.05) is 55.5 Å². The number of nitrogens with zero attached hydrogens (tertiary/aromatic N) is 2. The molecule has 1 aliphatic heterocycles. The van der Waals surface area contributed by atoms with E-state index in [9.17, 15) is 9.18 Å². The largest absolute Gasteiger partial charge is 0.490 e. The number of hydrogen-bond acceptors (Lipinski definition) is 5. The first-order chi connectivity index (χ1) is 23.1. The summed E-state index contributed by atoms with van der Waals surface area (Å²) >= 11 is 1.37. The second-order valence-corrected chi connectivity index (χ2v) is 12.7. The highest BCUT2D eigenvalue weighted by Crippen LogP contribution is 2.41. The Morgan fingerprint density at radius 1 is 0.894 bits per heavy atom. The van der Waals surface area contributed by atoms with Crippen LogP contribution in [-0.2, 0) is 13.0 Å². The summed E-state index contributed by atoms with van der Waals surface area (Å²) in [6.07, 6.45) is 3.53. The van der Waals surface area contributed by atoms with Crippen LogP contribution in [0.4, 0.5) is 4.39 Å². The summed E-state index contributed by atoms with van der Waals surface area (Å²) in [6.45, 7) is 2.81. The Labute approximate surface area is 275 Å². The summed E-state index contributed by atoms with van der Waals surface area (Å²) in [6, 6.07) is 34.7. The van der Waals surface area contributed by atoms with Crippen molar-refractivity contribution in [1.29, 1.82) is 0 Å². The molecule has 0 spiro atoms. The molecule has 7 heteroatoms. The monoisotopic (exact) mass is 638 g/mol. The topological polar surface area (TPSA) is 52.8 Å². The number of fused-ring (bicyclic) bond motifs is 4. The van der Waals surface area contributed by atoms with Gasteiger partial charge in [0.1, 0.15) is 12.4 Å². The Balaban J connectivity index is 1.19. The highest BCUT2D eigenvalue weighted by molar-refractivity contribution is 7.07. The molecule has 8 rings (SSSR count). The molecule has 5 nitrogen and oxygen atoms in total. The van der Waals surface area contributed by atoms with Crippen LogP contribution in [0.5, 0.6) is 11.5 Å². The molecule has 0 fully saturated rings. The van der Waals surface area contributed by atoms with Gasteiger partial charge in [0.2, 0.25) is 0 Å². The molecule has 2 heterocycles. The van der Waals surface area contributed by atoms with Crippen molar-refractivity contribution in [1.82, 2.24) is 4.57 Å². The van der Waals surface area contributed by atoms with Crippen molar-refractivity contribution in [2.75, 3.05) is 6.61 Å². The highest BCUT2D eigenvalue weighted by Gasteiger charge is 2.32. The van der Waals surface area contributed by atoms with Crippen LogP contribution in [0.3, 0.4) is 0 Å². The number of ether oxygens (including phenoxy) is 2. The van der Waals surface area contributed by atoms with Gasteiger partial charge in [-0.2, -0.15) is 0 Å². The first-order valence-corrected chi connectivity index (χ1v) is 16.6. The van der Waals surface area contributed by atoms with Crippen LogP contribution in [0.25, 0.3) is 22.5 Å². The number of hydrogen-bond donors (Lipinski definition) is 0. The second-order valence-electron chi connectivity index (χ2n) is 11.7. The zero-order valence-corrected chi connectivity index (χ0v) is 26.6. The number of aromatic nitrogens is 1. The molecule has 47 heavy (non-hydrogen) atoms. The normalized spacial score (nSPS) is 15.5. The molecule has 0 saturated carbocycles. The molecule has 1 aromatic heterocycles. The standard InChI is InChI=1S/C40H31FN2O3S/c1-2-45-35-22-25(14-21-34(35)46-24-29-11-7-10-26-8-3-5-12-31(26)29)23-36-39(44)43-38(28-15-18-30(41)19-16-28)33-20-17-27-9-4-6-13-32(27)37(33)42-40(43)47-36/h3-16,18-19,21-23,38H,2,17,20,24H2,1H3/b36-23+/t38-/m0/s1. The van der Waals surface area contributed by atoms with Crippen LogP contribution in [0, 0.1) is 5.82 Å². The summed E-state index contributed by atoms with van der Waals surface area (Å²) in [5.74, 6) is 0.950. The fourth-order valence-corrected chi connectivity index (χ4v) is 7.70. The molecule has 0 radical (unpaired) electrons. The Hall–Kier alpha value is -5.27. The molecular formula is C40H31FN2O3S. The van der Waals surface area contributed by atoms with Gasteiger partial charge in [-0.1, -0.05) is 96.3 Å². The molecule has 5 aromatic carbocycles. The van der Waals surface area contributed by atoms with Crippen LogP contribution in [0.2, 0.25) is 0 Å². The summed E-state index contributed by atoms with van der Waals surface area (Å²) < 4.78 is 28.6. The van der Waals surface area contributed by atoms with E-state index in [0.717, 1.165) is 51.8 Å². The molecule has 0 unspecified atom stereocenters. The van der Waals surface area contributed by atoms with Crippen LogP contribution in [0.1, 0.15) is 47.2 Å². The van der Waals surface area contributed by atoms with Gasteiger partial charge in [-0.15, -0.1) is 0 Å². The highest BCUT2D eigenvalue weighted by atomic mass is 32.1. The third-order valence-corrected chi connectivity index (χ3v) is 9.87. The minimum atomic E-state index is -0.360. The summed E-state index contributed by atoms with van der Waals surface area (Å²) in [4.78, 5) is 19.9. The Bertz CT molecular complexity index is 2370. The van der Waals surface area contributed by atoms with Crippen LogP contribution in [0.15, 0.2) is 125 Å². The SMILES string of the molecule is CCOc1cc(/C=c2/sc3n(c2=O)[C@@H](c2ccc(F)cc2)C2=C(N=3)c3ccccc3CC2)ccc1OCc1cccc2ccccc12. The maximum atomic E-state index is 14.2. The second kappa shape index (κ2) is 12.2. The number of benzene rings is 5. The van der Waals surface area contributed by atoms with Gasteiger partial charge in [-0.3, -0.25) is 9.36 Å². The minimum Gasteiger partial charge on any atom is -0.490 e. The molecule has 1 atom stereocenters. The lowest BCUT2D eigenvalue weighted by atomic mass is 9.83. The number of aryl methyl sites for hydroxylation is 1. The minimum absolute atomic E-state index is 0.122. The Morgan fingerprint density at radius 3 is 2.57 bits per heavy atom. The predicted molar refractivity (Wildman–Crippen MR) is 185 cm³/mol. The van der Waals surface area contributed by atoms with Crippen molar-refractivity contribution in [3.05, 3.63) is 168 Å². The lowest BCUT2D eigenvalue weighted by Crippen LogP contribution is -2.38. The van der Waals surface area contributed by atoms with E-state index in [2.05, 4.69) is 42.5 Å². The molecule has 0 N–H and O–H groups in total. The van der Waals surface area contributed by atoms with Gasteiger partial charge in [0.05, 0.1) is 22.9 Å². The van der Waals surface area contributed by atoms with Crippen molar-refractivity contribution in [2.24, 2.45) is 4.99 Å². The maximum Gasteiger partial charge on any atom is 0.271 e.